The van der Waals surface area contributed by atoms with Gasteiger partial charge in [-0.2, -0.15) is 0 Å². The van der Waals surface area contributed by atoms with Crippen molar-refractivity contribution in [3.05, 3.63) is 34.4 Å². The zero-order chi connectivity index (χ0) is 17.9. The molecule has 0 radical (unpaired) electrons. The average Bonchev–Trinajstić information content (AvgIpc) is 2.54. The van der Waals surface area contributed by atoms with Gasteiger partial charge in [0.05, 0.1) is 23.7 Å². The Morgan fingerprint density at radius 2 is 2.08 bits per heavy atom. The van der Waals surface area contributed by atoms with Crippen LogP contribution in [-0.4, -0.2) is 58.2 Å². The summed E-state index contributed by atoms with van der Waals surface area (Å²) in [6.07, 6.45) is -3.21. The standard InChI is InChI=1S/C14H19N3O7/c1-7(19)16-12-13(20)11(15)10(6-18)24-14(12)23-9-4-2-8(3-5-9)17(21)22/h2-5,10-14,18,20H,6,15H2,1H3,(H,16,19)/t10?,11?,12-,13?,14?/m0/s1. The Morgan fingerprint density at radius 1 is 1.46 bits per heavy atom. The minimum atomic E-state index is -1.21. The van der Waals surface area contributed by atoms with Crippen LogP contribution in [0.15, 0.2) is 24.3 Å². The number of carbonyl (C=O) groups excluding carboxylic acids is 1. The van der Waals surface area contributed by atoms with Gasteiger partial charge in [0.1, 0.15) is 17.9 Å². The van der Waals surface area contributed by atoms with Crippen LogP contribution >= 0.6 is 0 Å². The zero-order valence-electron chi connectivity index (χ0n) is 12.9. The third-order valence-corrected chi connectivity index (χ3v) is 3.64. The van der Waals surface area contributed by atoms with E-state index in [2.05, 4.69) is 5.32 Å². The molecule has 4 unspecified atom stereocenters. The van der Waals surface area contributed by atoms with E-state index < -0.39 is 48.0 Å². The topological polar surface area (TPSA) is 157 Å². The molecule has 1 aromatic rings. The lowest BCUT2D eigenvalue weighted by Crippen LogP contribution is -2.67. The maximum absolute atomic E-state index is 11.3. The first kappa shape index (κ1) is 18.1. The summed E-state index contributed by atoms with van der Waals surface area (Å²) < 4.78 is 11.1. The second-order valence-corrected chi connectivity index (χ2v) is 5.39. The molecule has 132 valence electrons. The molecule has 1 aliphatic heterocycles. The van der Waals surface area contributed by atoms with Gasteiger partial charge in [0, 0.05) is 19.1 Å². The van der Waals surface area contributed by atoms with E-state index in [1.54, 1.807) is 0 Å². The molecule has 24 heavy (non-hydrogen) atoms. The predicted molar refractivity (Wildman–Crippen MR) is 81.1 cm³/mol. The highest BCUT2D eigenvalue weighted by atomic mass is 16.7. The molecule has 1 aliphatic rings. The number of carbonyl (C=O) groups is 1. The molecule has 1 saturated heterocycles. The van der Waals surface area contributed by atoms with Crippen molar-refractivity contribution in [2.45, 2.75) is 37.5 Å². The van der Waals surface area contributed by atoms with Crippen LogP contribution in [-0.2, 0) is 9.53 Å². The van der Waals surface area contributed by atoms with Crippen molar-refractivity contribution < 1.29 is 29.4 Å². The van der Waals surface area contributed by atoms with E-state index in [9.17, 15) is 25.1 Å². The molecule has 0 bridgehead atoms. The SMILES string of the molecule is CC(=O)N[C@@H]1C(Oc2ccc([N+](=O)[O-])cc2)OC(CO)C(N)C1O. The fraction of sp³-hybridized carbons (Fsp3) is 0.500. The van der Waals surface area contributed by atoms with Crippen LogP contribution in [0.5, 0.6) is 5.75 Å². The predicted octanol–water partition coefficient (Wildman–Crippen LogP) is -1.12. The zero-order valence-corrected chi connectivity index (χ0v) is 12.9. The number of nitro benzene ring substituents is 1. The third-order valence-electron chi connectivity index (χ3n) is 3.64. The van der Waals surface area contributed by atoms with Gasteiger partial charge < -0.3 is 30.7 Å². The quantitative estimate of drug-likeness (QED) is 0.387. The second-order valence-electron chi connectivity index (χ2n) is 5.39. The third kappa shape index (κ3) is 3.97. The molecule has 0 aromatic heterocycles. The summed E-state index contributed by atoms with van der Waals surface area (Å²) in [7, 11) is 0. The summed E-state index contributed by atoms with van der Waals surface area (Å²) in [5, 5.41) is 32.7. The van der Waals surface area contributed by atoms with E-state index in [1.807, 2.05) is 0 Å². The molecular weight excluding hydrogens is 322 g/mol. The molecule has 0 saturated carbocycles. The van der Waals surface area contributed by atoms with Crippen LogP contribution in [0.2, 0.25) is 0 Å². The van der Waals surface area contributed by atoms with Crippen LogP contribution in [0.3, 0.4) is 0 Å². The molecule has 5 N–H and O–H groups in total. The van der Waals surface area contributed by atoms with Gasteiger partial charge in [-0.3, -0.25) is 14.9 Å². The minimum Gasteiger partial charge on any atom is -0.463 e. The normalized spacial score (nSPS) is 29.8. The number of amides is 1. The second kappa shape index (κ2) is 7.53. The van der Waals surface area contributed by atoms with Crippen LogP contribution in [0.25, 0.3) is 0 Å². The summed E-state index contributed by atoms with van der Waals surface area (Å²) in [4.78, 5) is 21.4. The van der Waals surface area contributed by atoms with Gasteiger partial charge in [-0.05, 0) is 12.1 Å². The summed E-state index contributed by atoms with van der Waals surface area (Å²) in [5.41, 5.74) is 5.68. The summed E-state index contributed by atoms with van der Waals surface area (Å²) in [6.45, 7) is 0.824. The van der Waals surface area contributed by atoms with Gasteiger partial charge in [0.25, 0.3) is 5.69 Å². The van der Waals surface area contributed by atoms with Crippen molar-refractivity contribution in [1.82, 2.24) is 5.32 Å². The number of nitrogens with two attached hydrogens (primary N) is 1. The molecule has 1 amide bonds. The number of hydrogen-bond acceptors (Lipinski definition) is 8. The maximum atomic E-state index is 11.3. The van der Waals surface area contributed by atoms with E-state index in [0.717, 1.165) is 0 Å². The molecule has 2 rings (SSSR count). The van der Waals surface area contributed by atoms with Crippen LogP contribution in [0.1, 0.15) is 6.92 Å². The Morgan fingerprint density at radius 3 is 2.58 bits per heavy atom. The average molecular weight is 341 g/mol. The van der Waals surface area contributed by atoms with Gasteiger partial charge in [0.15, 0.2) is 0 Å². The van der Waals surface area contributed by atoms with Gasteiger partial charge in [0.2, 0.25) is 12.2 Å². The van der Waals surface area contributed by atoms with Crippen LogP contribution < -0.4 is 15.8 Å². The molecule has 1 fully saturated rings. The Hall–Kier alpha value is -2.27. The highest BCUT2D eigenvalue weighted by Crippen LogP contribution is 2.25. The van der Waals surface area contributed by atoms with Crippen LogP contribution in [0, 0.1) is 10.1 Å². The van der Waals surface area contributed by atoms with Crippen molar-refractivity contribution in [2.24, 2.45) is 5.73 Å². The van der Waals surface area contributed by atoms with Gasteiger partial charge in [-0.1, -0.05) is 0 Å². The number of aliphatic hydroxyl groups excluding tert-OH is 2. The number of nitrogens with one attached hydrogen (secondary N) is 1. The molecule has 5 atom stereocenters. The van der Waals surface area contributed by atoms with Crippen molar-refractivity contribution in [3.63, 3.8) is 0 Å². The largest absolute Gasteiger partial charge is 0.463 e. The van der Waals surface area contributed by atoms with E-state index >= 15 is 0 Å². The Balaban J connectivity index is 2.19. The Labute approximate surface area is 137 Å². The first-order valence-corrected chi connectivity index (χ1v) is 7.21. The van der Waals surface area contributed by atoms with Gasteiger partial charge >= 0.3 is 0 Å². The number of nitro groups is 1. The Bertz CT molecular complexity index is 595. The minimum absolute atomic E-state index is 0.111. The monoisotopic (exact) mass is 341 g/mol. The molecule has 1 heterocycles. The van der Waals surface area contributed by atoms with Gasteiger partial charge in [-0.25, -0.2) is 0 Å². The molecule has 0 aliphatic carbocycles. The van der Waals surface area contributed by atoms with Crippen molar-refractivity contribution in [1.29, 1.82) is 0 Å². The smallest absolute Gasteiger partial charge is 0.269 e. The fourth-order valence-electron chi connectivity index (χ4n) is 2.40. The molecule has 0 spiro atoms. The van der Waals surface area contributed by atoms with Gasteiger partial charge in [-0.15, -0.1) is 0 Å². The van der Waals surface area contributed by atoms with E-state index in [1.165, 1.54) is 31.2 Å². The number of aliphatic hydroxyl groups is 2. The number of ether oxygens (including phenoxy) is 2. The highest BCUT2D eigenvalue weighted by molar-refractivity contribution is 5.73. The van der Waals surface area contributed by atoms with Crippen LogP contribution in [0.4, 0.5) is 5.69 Å². The fourth-order valence-corrected chi connectivity index (χ4v) is 2.40. The summed E-state index contributed by atoms with van der Waals surface area (Å²) in [5.74, 6) is -0.185. The summed E-state index contributed by atoms with van der Waals surface area (Å²) in [6, 6.07) is 3.34. The molecular formula is C14H19N3O7. The number of nitrogens with zero attached hydrogens (tertiary/aromatic N) is 1. The first-order chi connectivity index (χ1) is 11.3. The lowest BCUT2D eigenvalue weighted by Gasteiger charge is -2.42. The van der Waals surface area contributed by atoms with E-state index in [-0.39, 0.29) is 11.4 Å². The van der Waals surface area contributed by atoms with Crippen molar-refractivity contribution in [3.8, 4) is 5.75 Å². The number of benzene rings is 1. The van der Waals surface area contributed by atoms with E-state index in [4.69, 9.17) is 15.2 Å². The molecule has 1 aromatic carbocycles. The number of hydrogen-bond donors (Lipinski definition) is 4. The summed E-state index contributed by atoms with van der Waals surface area (Å²) >= 11 is 0. The Kier molecular flexibility index (Phi) is 5.67. The number of rotatable bonds is 5. The number of non-ortho nitro benzene ring substituents is 1. The molecule has 10 nitrogen and oxygen atoms in total. The lowest BCUT2D eigenvalue weighted by atomic mass is 9.95. The first-order valence-electron chi connectivity index (χ1n) is 7.21. The molecule has 10 heteroatoms. The maximum Gasteiger partial charge on any atom is 0.269 e. The highest BCUT2D eigenvalue weighted by Gasteiger charge is 2.45. The van der Waals surface area contributed by atoms with E-state index in [0.29, 0.717) is 0 Å². The van der Waals surface area contributed by atoms with Crippen molar-refractivity contribution >= 4 is 11.6 Å². The van der Waals surface area contributed by atoms with Crippen molar-refractivity contribution in [2.75, 3.05) is 6.61 Å². The lowest BCUT2D eigenvalue weighted by molar-refractivity contribution is -0.384.